The number of benzene rings is 2. The van der Waals surface area contributed by atoms with Crippen molar-refractivity contribution in [1.29, 1.82) is 0 Å². The van der Waals surface area contributed by atoms with Crippen molar-refractivity contribution in [2.75, 3.05) is 6.54 Å². The van der Waals surface area contributed by atoms with Crippen LogP contribution in [-0.2, 0) is 17.1 Å². The molecular weight excluding hydrogens is 326 g/mol. The van der Waals surface area contributed by atoms with Crippen LogP contribution in [0.25, 0.3) is 10.8 Å². The number of aliphatic hydroxyl groups excluding tert-OH is 1. The largest absolute Gasteiger partial charge is 0.387 e. The molecule has 126 valence electrons. The Hall–Kier alpha value is -2.22. The van der Waals surface area contributed by atoms with Gasteiger partial charge in [-0.2, -0.15) is 0 Å². The van der Waals surface area contributed by atoms with Gasteiger partial charge >= 0.3 is 0 Å². The van der Waals surface area contributed by atoms with Gasteiger partial charge in [0.1, 0.15) is 5.82 Å². The van der Waals surface area contributed by atoms with E-state index < -0.39 is 16.1 Å². The van der Waals surface area contributed by atoms with Crippen molar-refractivity contribution in [3.63, 3.8) is 0 Å². The molecule has 0 fully saturated rings. The lowest BCUT2D eigenvalue weighted by molar-refractivity contribution is 0.182. The molecule has 0 saturated heterocycles. The van der Waals surface area contributed by atoms with Gasteiger partial charge in [-0.25, -0.2) is 18.1 Å². The lowest BCUT2D eigenvalue weighted by Crippen LogP contribution is -2.28. The van der Waals surface area contributed by atoms with Crippen LogP contribution in [0.1, 0.15) is 17.5 Å². The van der Waals surface area contributed by atoms with Crippen LogP contribution in [-0.4, -0.2) is 29.6 Å². The van der Waals surface area contributed by atoms with Crippen LogP contribution in [0.5, 0.6) is 0 Å². The second kappa shape index (κ2) is 6.35. The molecule has 1 unspecified atom stereocenters. The predicted molar refractivity (Wildman–Crippen MR) is 92.0 cm³/mol. The molecule has 24 heavy (non-hydrogen) atoms. The monoisotopic (exact) mass is 345 g/mol. The highest BCUT2D eigenvalue weighted by molar-refractivity contribution is 7.89. The van der Waals surface area contributed by atoms with E-state index in [4.69, 9.17) is 0 Å². The third kappa shape index (κ3) is 3.33. The van der Waals surface area contributed by atoms with Gasteiger partial charge in [-0.3, -0.25) is 0 Å². The number of aryl methyl sites for hydroxylation is 2. The molecule has 1 heterocycles. The van der Waals surface area contributed by atoms with Crippen molar-refractivity contribution in [3.8, 4) is 0 Å². The maximum Gasteiger partial charge on any atom is 0.259 e. The van der Waals surface area contributed by atoms with E-state index in [2.05, 4.69) is 9.71 Å². The molecule has 1 aromatic heterocycles. The zero-order valence-corrected chi connectivity index (χ0v) is 14.3. The van der Waals surface area contributed by atoms with Crippen LogP contribution in [0.3, 0.4) is 0 Å². The maximum absolute atomic E-state index is 12.2. The molecule has 0 aliphatic carbocycles. The SMILES string of the molecule is Cc1nc(S(=O)(=O)NCC(O)c2ccc3ccccc3c2)cn1C. The summed E-state index contributed by atoms with van der Waals surface area (Å²) >= 11 is 0. The van der Waals surface area contributed by atoms with E-state index >= 15 is 0 Å². The van der Waals surface area contributed by atoms with E-state index in [1.807, 2.05) is 36.4 Å². The molecule has 0 radical (unpaired) electrons. The summed E-state index contributed by atoms with van der Waals surface area (Å²) in [6.45, 7) is 1.61. The van der Waals surface area contributed by atoms with Gasteiger partial charge < -0.3 is 9.67 Å². The molecule has 1 atom stereocenters. The van der Waals surface area contributed by atoms with Crippen molar-refractivity contribution in [2.45, 2.75) is 18.1 Å². The first-order valence-electron chi connectivity index (χ1n) is 7.53. The average Bonchev–Trinajstić information content (AvgIpc) is 2.92. The van der Waals surface area contributed by atoms with Crippen molar-refractivity contribution < 1.29 is 13.5 Å². The molecule has 0 amide bonds. The fourth-order valence-corrected chi connectivity index (χ4v) is 3.53. The molecule has 7 heteroatoms. The van der Waals surface area contributed by atoms with E-state index in [1.54, 1.807) is 24.6 Å². The van der Waals surface area contributed by atoms with Gasteiger partial charge in [0, 0.05) is 19.8 Å². The quantitative estimate of drug-likeness (QED) is 0.740. The predicted octanol–water partition coefficient (Wildman–Crippen LogP) is 1.89. The molecule has 0 spiro atoms. The summed E-state index contributed by atoms with van der Waals surface area (Å²) in [5, 5.41) is 12.3. The van der Waals surface area contributed by atoms with Crippen LogP contribution in [0.2, 0.25) is 0 Å². The van der Waals surface area contributed by atoms with Crippen LogP contribution < -0.4 is 4.72 Å². The number of hydrogen-bond donors (Lipinski definition) is 2. The lowest BCUT2D eigenvalue weighted by Gasteiger charge is -2.12. The molecule has 3 rings (SSSR count). The third-order valence-corrected chi connectivity index (χ3v) is 5.28. The highest BCUT2D eigenvalue weighted by Crippen LogP contribution is 2.20. The van der Waals surface area contributed by atoms with Gasteiger partial charge in [0.15, 0.2) is 5.03 Å². The normalized spacial score (nSPS) is 13.3. The smallest absolute Gasteiger partial charge is 0.259 e. The van der Waals surface area contributed by atoms with Gasteiger partial charge in [-0.05, 0) is 29.3 Å². The number of hydrogen-bond acceptors (Lipinski definition) is 4. The van der Waals surface area contributed by atoms with Crippen molar-refractivity contribution in [2.24, 2.45) is 7.05 Å². The Morgan fingerprint density at radius 3 is 2.58 bits per heavy atom. The number of aliphatic hydroxyl groups is 1. The van der Waals surface area contributed by atoms with Crippen molar-refractivity contribution in [3.05, 3.63) is 60.0 Å². The minimum Gasteiger partial charge on any atom is -0.387 e. The minimum absolute atomic E-state index is 0.0480. The summed E-state index contributed by atoms with van der Waals surface area (Å²) in [5.74, 6) is 0.602. The number of nitrogens with zero attached hydrogens (tertiary/aromatic N) is 2. The van der Waals surface area contributed by atoms with E-state index in [9.17, 15) is 13.5 Å². The highest BCUT2D eigenvalue weighted by Gasteiger charge is 2.20. The zero-order chi connectivity index (χ0) is 17.3. The lowest BCUT2D eigenvalue weighted by atomic mass is 10.0. The number of nitrogens with one attached hydrogen (secondary N) is 1. The second-order valence-electron chi connectivity index (χ2n) is 5.71. The summed E-state index contributed by atoms with van der Waals surface area (Å²) in [6.07, 6.45) is 0.509. The summed E-state index contributed by atoms with van der Waals surface area (Å²) in [4.78, 5) is 4.00. The third-order valence-electron chi connectivity index (χ3n) is 3.99. The van der Waals surface area contributed by atoms with Gasteiger partial charge in [0.2, 0.25) is 0 Å². The van der Waals surface area contributed by atoms with Crippen LogP contribution >= 0.6 is 0 Å². The van der Waals surface area contributed by atoms with E-state index in [0.29, 0.717) is 11.4 Å². The molecule has 0 aliphatic rings. The molecule has 6 nitrogen and oxygen atoms in total. The molecular formula is C17H19N3O3S. The highest BCUT2D eigenvalue weighted by atomic mass is 32.2. The Morgan fingerprint density at radius 1 is 1.21 bits per heavy atom. The van der Waals surface area contributed by atoms with Crippen LogP contribution in [0.15, 0.2) is 53.7 Å². The Labute approximate surface area is 140 Å². The maximum atomic E-state index is 12.2. The number of rotatable bonds is 5. The van der Waals surface area contributed by atoms with Gasteiger partial charge in [0.25, 0.3) is 10.0 Å². The summed E-state index contributed by atoms with van der Waals surface area (Å²) < 4.78 is 28.5. The number of aromatic nitrogens is 2. The van der Waals surface area contributed by atoms with Gasteiger partial charge in [-0.1, -0.05) is 36.4 Å². The molecule has 0 aliphatic heterocycles. The van der Waals surface area contributed by atoms with E-state index in [-0.39, 0.29) is 11.6 Å². The van der Waals surface area contributed by atoms with E-state index in [0.717, 1.165) is 10.8 Å². The average molecular weight is 345 g/mol. The van der Waals surface area contributed by atoms with Gasteiger partial charge in [0.05, 0.1) is 6.10 Å². The molecule has 2 aromatic carbocycles. The van der Waals surface area contributed by atoms with Crippen molar-refractivity contribution in [1.82, 2.24) is 14.3 Å². The first kappa shape index (κ1) is 16.6. The molecule has 2 N–H and O–H groups in total. The van der Waals surface area contributed by atoms with Gasteiger partial charge in [-0.15, -0.1) is 0 Å². The number of imidazole rings is 1. The van der Waals surface area contributed by atoms with Crippen LogP contribution in [0, 0.1) is 6.92 Å². The summed E-state index contributed by atoms with van der Waals surface area (Å²) in [6, 6.07) is 13.4. The zero-order valence-electron chi connectivity index (χ0n) is 13.5. The fraction of sp³-hybridized carbons (Fsp3) is 0.235. The second-order valence-corrected chi connectivity index (χ2v) is 7.43. The van der Waals surface area contributed by atoms with Crippen molar-refractivity contribution >= 4 is 20.8 Å². The Kier molecular flexibility index (Phi) is 4.40. The summed E-state index contributed by atoms with van der Waals surface area (Å²) in [7, 11) is -2.02. The van der Waals surface area contributed by atoms with E-state index in [1.165, 1.54) is 6.20 Å². The summed E-state index contributed by atoms with van der Waals surface area (Å²) in [5.41, 5.74) is 0.661. The fourth-order valence-electron chi connectivity index (χ4n) is 2.45. The first-order valence-corrected chi connectivity index (χ1v) is 9.01. The standard InChI is InChI=1S/C17H19N3O3S/c1-12-19-17(11-20(12)2)24(22,23)18-10-16(21)15-8-7-13-5-3-4-6-14(13)9-15/h3-9,11,16,18,21H,10H2,1-2H3. The Bertz CT molecular complexity index is 960. The number of fused-ring (bicyclic) bond motifs is 1. The number of sulfonamides is 1. The Morgan fingerprint density at radius 2 is 1.92 bits per heavy atom. The first-order chi connectivity index (χ1) is 11.4. The molecule has 0 bridgehead atoms. The molecule has 3 aromatic rings. The minimum atomic E-state index is -3.75. The Balaban J connectivity index is 1.75. The molecule has 0 saturated carbocycles. The van der Waals surface area contributed by atoms with Crippen LogP contribution in [0.4, 0.5) is 0 Å². The topological polar surface area (TPSA) is 84.2 Å².